The lowest BCUT2D eigenvalue weighted by Crippen LogP contribution is -2.23. The van der Waals surface area contributed by atoms with Gasteiger partial charge in [0.1, 0.15) is 0 Å². The van der Waals surface area contributed by atoms with Crippen molar-refractivity contribution in [1.29, 1.82) is 5.26 Å². The minimum atomic E-state index is -2.99. The monoisotopic (exact) mass is 408 g/mol. The van der Waals surface area contributed by atoms with Crippen LogP contribution >= 0.6 is 0 Å². The van der Waals surface area contributed by atoms with E-state index in [0.717, 1.165) is 0 Å². The summed E-state index contributed by atoms with van der Waals surface area (Å²) < 4.78 is 34.7. The summed E-state index contributed by atoms with van der Waals surface area (Å²) in [5.74, 6) is -0.295. The lowest BCUT2D eigenvalue weighted by atomic mass is 9.95. The predicted octanol–water partition coefficient (Wildman–Crippen LogP) is 4.77. The normalized spacial score (nSPS) is 10.4. The van der Waals surface area contributed by atoms with Gasteiger partial charge in [-0.25, -0.2) is 0 Å². The summed E-state index contributed by atoms with van der Waals surface area (Å²) in [5.41, 5.74) is 2.71. The van der Waals surface area contributed by atoms with Crippen LogP contribution in [0.25, 0.3) is 11.1 Å². The van der Waals surface area contributed by atoms with E-state index >= 15 is 0 Å². The first kappa shape index (κ1) is 20.8. The Morgan fingerprint density at radius 2 is 1.73 bits per heavy atom. The minimum absolute atomic E-state index is 0.0939. The van der Waals surface area contributed by atoms with E-state index in [0.29, 0.717) is 27.8 Å². The number of carbonyl (C=O) groups is 1. The first-order valence-corrected chi connectivity index (χ1v) is 9.02. The quantitative estimate of drug-likeness (QED) is 0.612. The molecule has 1 N–H and O–H groups in total. The average molecular weight is 408 g/mol. The third-order valence-corrected chi connectivity index (χ3v) is 4.41. The standard InChI is InChI=1S/C23H18F2N2O3/c1-29-20-11-10-15(12-21(20)30-23(24)25)14-27-22(28)19-9-5-4-8-18(19)17-7-3-2-6-16(17)13-26/h2-12,23H,14H2,1H3,(H,27,28). The fraction of sp³-hybridized carbons (Fsp3) is 0.130. The van der Waals surface area contributed by atoms with Gasteiger partial charge in [-0.15, -0.1) is 0 Å². The first-order valence-electron chi connectivity index (χ1n) is 9.02. The summed E-state index contributed by atoms with van der Waals surface area (Å²) >= 11 is 0. The number of nitriles is 1. The largest absolute Gasteiger partial charge is 0.493 e. The molecule has 0 aromatic heterocycles. The van der Waals surface area contributed by atoms with Crippen molar-refractivity contribution in [3.05, 3.63) is 83.4 Å². The number of halogens is 2. The van der Waals surface area contributed by atoms with Crippen LogP contribution in [0.4, 0.5) is 8.78 Å². The maximum absolute atomic E-state index is 12.8. The van der Waals surface area contributed by atoms with Crippen molar-refractivity contribution in [2.45, 2.75) is 13.2 Å². The van der Waals surface area contributed by atoms with Gasteiger partial charge < -0.3 is 14.8 Å². The summed E-state index contributed by atoms with van der Waals surface area (Å²) in [6.07, 6.45) is 0. The molecule has 0 aliphatic heterocycles. The zero-order valence-corrected chi connectivity index (χ0v) is 16.1. The highest BCUT2D eigenvalue weighted by Gasteiger charge is 2.16. The van der Waals surface area contributed by atoms with Crippen molar-refractivity contribution < 1.29 is 23.0 Å². The van der Waals surface area contributed by atoms with Crippen LogP contribution in [-0.4, -0.2) is 19.6 Å². The Morgan fingerprint density at radius 3 is 2.43 bits per heavy atom. The average Bonchev–Trinajstić information content (AvgIpc) is 2.77. The highest BCUT2D eigenvalue weighted by atomic mass is 19.3. The van der Waals surface area contributed by atoms with Crippen LogP contribution < -0.4 is 14.8 Å². The number of methoxy groups -OCH3 is 1. The Labute approximate surface area is 172 Å². The van der Waals surface area contributed by atoms with E-state index in [-0.39, 0.29) is 24.0 Å². The molecule has 3 aromatic carbocycles. The molecule has 5 nitrogen and oxygen atoms in total. The number of nitrogens with zero attached hydrogens (tertiary/aromatic N) is 1. The van der Waals surface area contributed by atoms with Crippen LogP contribution in [0, 0.1) is 11.3 Å². The number of rotatable bonds is 7. The molecule has 0 spiro atoms. The van der Waals surface area contributed by atoms with E-state index in [4.69, 9.17) is 4.74 Å². The van der Waals surface area contributed by atoms with Gasteiger partial charge in [-0.2, -0.15) is 14.0 Å². The molecule has 0 aliphatic rings. The summed E-state index contributed by atoms with van der Waals surface area (Å²) in [7, 11) is 1.35. The van der Waals surface area contributed by atoms with Gasteiger partial charge in [-0.1, -0.05) is 42.5 Å². The molecule has 0 radical (unpaired) electrons. The van der Waals surface area contributed by atoms with Gasteiger partial charge in [0.2, 0.25) is 0 Å². The molecule has 3 rings (SSSR count). The second kappa shape index (κ2) is 9.52. The second-order valence-corrected chi connectivity index (χ2v) is 6.25. The van der Waals surface area contributed by atoms with Gasteiger partial charge in [0.25, 0.3) is 5.91 Å². The Morgan fingerprint density at radius 1 is 1.03 bits per heavy atom. The van der Waals surface area contributed by atoms with Crippen LogP contribution in [-0.2, 0) is 6.54 Å². The Hall–Kier alpha value is -3.92. The Balaban J connectivity index is 1.82. The highest BCUT2D eigenvalue weighted by Crippen LogP contribution is 2.30. The number of amides is 1. The molecule has 0 unspecified atom stereocenters. The van der Waals surface area contributed by atoms with E-state index in [1.165, 1.54) is 19.2 Å². The molecule has 1 amide bonds. The molecule has 152 valence electrons. The summed E-state index contributed by atoms with van der Waals surface area (Å²) in [6, 6.07) is 20.6. The third kappa shape index (κ3) is 4.73. The number of hydrogen-bond donors (Lipinski definition) is 1. The van der Waals surface area contributed by atoms with Crippen molar-refractivity contribution >= 4 is 5.91 Å². The minimum Gasteiger partial charge on any atom is -0.493 e. The van der Waals surface area contributed by atoms with E-state index in [9.17, 15) is 18.8 Å². The number of alkyl halides is 2. The molecule has 0 saturated heterocycles. The number of ether oxygens (including phenoxy) is 2. The van der Waals surface area contributed by atoms with Gasteiger partial charge in [-0.3, -0.25) is 4.79 Å². The molecule has 0 heterocycles. The zero-order valence-electron chi connectivity index (χ0n) is 16.1. The van der Waals surface area contributed by atoms with Crippen LogP contribution in [0.2, 0.25) is 0 Å². The molecule has 0 bridgehead atoms. The van der Waals surface area contributed by atoms with E-state index in [1.54, 1.807) is 54.6 Å². The molecule has 0 aliphatic carbocycles. The SMILES string of the molecule is COc1ccc(CNC(=O)c2ccccc2-c2ccccc2C#N)cc1OC(F)F. The van der Waals surface area contributed by atoms with E-state index in [1.807, 2.05) is 0 Å². The van der Waals surface area contributed by atoms with Gasteiger partial charge in [-0.05, 0) is 35.4 Å². The van der Waals surface area contributed by atoms with Crippen LogP contribution in [0.15, 0.2) is 66.7 Å². The summed E-state index contributed by atoms with van der Waals surface area (Å²) in [4.78, 5) is 12.8. The fourth-order valence-electron chi connectivity index (χ4n) is 3.03. The van der Waals surface area contributed by atoms with Crippen LogP contribution in [0.5, 0.6) is 11.5 Å². The lowest BCUT2D eigenvalue weighted by molar-refractivity contribution is -0.0512. The molecule has 0 fully saturated rings. The zero-order chi connectivity index (χ0) is 21.5. The fourth-order valence-corrected chi connectivity index (χ4v) is 3.03. The number of benzene rings is 3. The smallest absolute Gasteiger partial charge is 0.387 e. The van der Waals surface area contributed by atoms with Gasteiger partial charge in [0, 0.05) is 17.7 Å². The van der Waals surface area contributed by atoms with Crippen molar-refractivity contribution in [1.82, 2.24) is 5.32 Å². The van der Waals surface area contributed by atoms with Crippen LogP contribution in [0.1, 0.15) is 21.5 Å². The number of hydrogen-bond acceptors (Lipinski definition) is 4. The number of nitrogens with one attached hydrogen (secondary N) is 1. The molecule has 3 aromatic rings. The predicted molar refractivity (Wildman–Crippen MR) is 107 cm³/mol. The molecular weight excluding hydrogens is 390 g/mol. The van der Waals surface area contributed by atoms with Gasteiger partial charge in [0.15, 0.2) is 11.5 Å². The van der Waals surface area contributed by atoms with E-state index < -0.39 is 6.61 Å². The topological polar surface area (TPSA) is 71.3 Å². The Kier molecular flexibility index (Phi) is 6.60. The van der Waals surface area contributed by atoms with Crippen molar-refractivity contribution in [3.8, 4) is 28.7 Å². The summed E-state index contributed by atoms with van der Waals surface area (Å²) in [5, 5.41) is 12.1. The molecule has 0 atom stereocenters. The molecule has 0 saturated carbocycles. The summed E-state index contributed by atoms with van der Waals surface area (Å²) in [6.45, 7) is -2.90. The van der Waals surface area contributed by atoms with Crippen molar-refractivity contribution in [3.63, 3.8) is 0 Å². The number of carbonyl (C=O) groups excluding carboxylic acids is 1. The van der Waals surface area contributed by atoms with Gasteiger partial charge in [0.05, 0.1) is 18.7 Å². The lowest BCUT2D eigenvalue weighted by Gasteiger charge is -2.13. The first-order chi connectivity index (χ1) is 14.5. The van der Waals surface area contributed by atoms with Gasteiger partial charge >= 0.3 is 6.61 Å². The highest BCUT2D eigenvalue weighted by molar-refractivity contribution is 6.01. The van der Waals surface area contributed by atoms with Crippen molar-refractivity contribution in [2.24, 2.45) is 0 Å². The second-order valence-electron chi connectivity index (χ2n) is 6.25. The Bertz CT molecular complexity index is 1090. The molecular formula is C23H18F2N2O3. The maximum atomic E-state index is 12.8. The molecule has 30 heavy (non-hydrogen) atoms. The van der Waals surface area contributed by atoms with Crippen LogP contribution in [0.3, 0.4) is 0 Å². The molecule has 7 heteroatoms. The third-order valence-electron chi connectivity index (χ3n) is 4.41. The van der Waals surface area contributed by atoms with E-state index in [2.05, 4.69) is 16.1 Å². The maximum Gasteiger partial charge on any atom is 0.387 e. The van der Waals surface area contributed by atoms with Crippen molar-refractivity contribution in [2.75, 3.05) is 7.11 Å².